The van der Waals surface area contributed by atoms with Gasteiger partial charge in [-0.05, 0) is 46.2 Å². The Kier molecular flexibility index (Phi) is 6.96. The molecule has 0 atom stereocenters. The monoisotopic (exact) mass is 668 g/mol. The summed E-state index contributed by atoms with van der Waals surface area (Å²) in [6.07, 6.45) is 0. The Morgan fingerprint density at radius 2 is 0.882 bits per heavy atom. The number of aromatic nitrogens is 4. The molecule has 0 saturated carbocycles. The smallest absolute Gasteiger partial charge is 0.164 e. The maximum atomic E-state index is 5.39. The maximum absolute atomic E-state index is 5.39. The van der Waals surface area contributed by atoms with Crippen molar-refractivity contribution in [1.82, 2.24) is 19.9 Å². The van der Waals surface area contributed by atoms with Gasteiger partial charge >= 0.3 is 0 Å². The molecule has 238 valence electrons. The van der Waals surface area contributed by atoms with Gasteiger partial charge in [0.1, 0.15) is 0 Å². The zero-order chi connectivity index (χ0) is 33.7. The molecule has 10 aromatic rings. The fourth-order valence-electron chi connectivity index (χ4n) is 6.95. The molecular weight excluding hydrogens is 641 g/mol. The first-order valence-corrected chi connectivity index (χ1v) is 17.8. The van der Waals surface area contributed by atoms with Crippen molar-refractivity contribution in [3.05, 3.63) is 170 Å². The number of hydrogen-bond acceptors (Lipinski definition) is 5. The summed E-state index contributed by atoms with van der Waals surface area (Å²) in [4.78, 5) is 20.1. The molecule has 0 amide bonds. The SMILES string of the molecule is c1ccc(-c2nc(-c3ccccc3)nc(-c3ccc(-c4cccc(-c5nc6cc7ccccc7cc6c6sc7ccccc7c56)c4)cc3)n2)cc1. The molecule has 3 heterocycles. The van der Waals surface area contributed by atoms with Crippen molar-refractivity contribution < 1.29 is 0 Å². The average Bonchev–Trinajstić information content (AvgIpc) is 3.61. The van der Waals surface area contributed by atoms with Crippen LogP contribution in [0.1, 0.15) is 0 Å². The molecule has 0 aliphatic rings. The second kappa shape index (κ2) is 12.1. The lowest BCUT2D eigenvalue weighted by molar-refractivity contribution is 1.07. The average molecular weight is 669 g/mol. The van der Waals surface area contributed by atoms with E-state index in [9.17, 15) is 0 Å². The summed E-state index contributed by atoms with van der Waals surface area (Å²) in [5, 5.41) is 6.08. The predicted octanol–water partition coefficient (Wildman–Crippen LogP) is 12.3. The molecule has 0 spiro atoms. The molecule has 0 N–H and O–H groups in total. The summed E-state index contributed by atoms with van der Waals surface area (Å²) in [5.74, 6) is 1.95. The maximum Gasteiger partial charge on any atom is 0.164 e. The van der Waals surface area contributed by atoms with Crippen LogP contribution in [-0.4, -0.2) is 19.9 Å². The first-order valence-electron chi connectivity index (χ1n) is 17.0. The van der Waals surface area contributed by atoms with Crippen LogP contribution in [0.4, 0.5) is 0 Å². The van der Waals surface area contributed by atoms with E-state index in [2.05, 4.69) is 109 Å². The van der Waals surface area contributed by atoms with Gasteiger partial charge < -0.3 is 0 Å². The molecule has 0 saturated heterocycles. The van der Waals surface area contributed by atoms with Gasteiger partial charge in [-0.2, -0.15) is 0 Å². The van der Waals surface area contributed by atoms with Crippen molar-refractivity contribution in [2.75, 3.05) is 0 Å². The van der Waals surface area contributed by atoms with Crippen LogP contribution in [0, 0.1) is 0 Å². The molecule has 0 unspecified atom stereocenters. The van der Waals surface area contributed by atoms with Crippen LogP contribution in [0.5, 0.6) is 0 Å². The molecule has 5 heteroatoms. The number of thiophene rings is 1. The third-order valence-corrected chi connectivity index (χ3v) is 10.7. The van der Waals surface area contributed by atoms with Crippen LogP contribution in [0.2, 0.25) is 0 Å². The fraction of sp³-hybridized carbons (Fsp3) is 0. The number of hydrogen-bond donors (Lipinski definition) is 0. The highest BCUT2D eigenvalue weighted by Gasteiger charge is 2.18. The standard InChI is InChI=1S/C46H28N4S/c1-3-12-30(13-4-1)44-48-45(31-14-5-2-6-15-31)50-46(49-44)32-24-22-29(23-25-32)33-18-11-19-36(26-33)42-41-37-20-9-10-21-40(37)51-43(41)38-27-34-16-7-8-17-35(34)28-39(38)47-42/h1-28H. The van der Waals surface area contributed by atoms with E-state index in [1.165, 1.54) is 36.3 Å². The van der Waals surface area contributed by atoms with Crippen molar-refractivity contribution >= 4 is 53.2 Å². The lowest BCUT2D eigenvalue weighted by atomic mass is 9.97. The number of nitrogens with zero attached hydrogens (tertiary/aromatic N) is 4. The van der Waals surface area contributed by atoms with Crippen LogP contribution >= 0.6 is 11.3 Å². The van der Waals surface area contributed by atoms with E-state index < -0.39 is 0 Å². The molecule has 0 radical (unpaired) electrons. The molecule has 0 aliphatic carbocycles. The largest absolute Gasteiger partial charge is 0.247 e. The van der Waals surface area contributed by atoms with Gasteiger partial charge in [0.05, 0.1) is 11.2 Å². The summed E-state index contributed by atoms with van der Waals surface area (Å²) in [6, 6.07) is 59.1. The number of fused-ring (bicyclic) bond motifs is 6. The zero-order valence-corrected chi connectivity index (χ0v) is 28.2. The summed E-state index contributed by atoms with van der Waals surface area (Å²) in [5.41, 5.74) is 8.19. The van der Waals surface area contributed by atoms with Gasteiger partial charge in [0.2, 0.25) is 0 Å². The summed E-state index contributed by atoms with van der Waals surface area (Å²) in [6.45, 7) is 0. The highest BCUT2D eigenvalue weighted by molar-refractivity contribution is 7.26. The van der Waals surface area contributed by atoms with E-state index in [4.69, 9.17) is 19.9 Å². The van der Waals surface area contributed by atoms with Gasteiger partial charge in [-0.15, -0.1) is 11.3 Å². The van der Waals surface area contributed by atoms with Gasteiger partial charge in [-0.25, -0.2) is 19.9 Å². The topological polar surface area (TPSA) is 51.6 Å². The molecule has 4 nitrogen and oxygen atoms in total. The van der Waals surface area contributed by atoms with E-state index in [0.717, 1.165) is 44.6 Å². The Morgan fingerprint density at radius 1 is 0.353 bits per heavy atom. The van der Waals surface area contributed by atoms with Crippen LogP contribution in [0.15, 0.2) is 170 Å². The second-order valence-electron chi connectivity index (χ2n) is 12.7. The normalized spacial score (nSPS) is 11.5. The third-order valence-electron chi connectivity index (χ3n) is 9.49. The van der Waals surface area contributed by atoms with Gasteiger partial charge in [0.25, 0.3) is 0 Å². The predicted molar refractivity (Wildman–Crippen MR) is 213 cm³/mol. The molecule has 51 heavy (non-hydrogen) atoms. The van der Waals surface area contributed by atoms with Crippen LogP contribution < -0.4 is 0 Å². The first kappa shape index (κ1) is 29.4. The van der Waals surface area contributed by atoms with Gasteiger partial charge in [-0.3, -0.25) is 0 Å². The lowest BCUT2D eigenvalue weighted by Crippen LogP contribution is -2.00. The van der Waals surface area contributed by atoms with Crippen molar-refractivity contribution in [3.63, 3.8) is 0 Å². The van der Waals surface area contributed by atoms with Gasteiger partial charge in [0, 0.05) is 47.8 Å². The van der Waals surface area contributed by atoms with Crippen molar-refractivity contribution in [2.45, 2.75) is 0 Å². The zero-order valence-electron chi connectivity index (χ0n) is 27.4. The quantitative estimate of drug-likeness (QED) is 0.171. The number of pyridine rings is 1. The Balaban J connectivity index is 1.08. The molecule has 7 aromatic carbocycles. The molecule has 0 aliphatic heterocycles. The van der Waals surface area contributed by atoms with Gasteiger partial charge in [-0.1, -0.05) is 146 Å². The Labute approximate surface area is 298 Å². The molecule has 3 aromatic heterocycles. The van der Waals surface area contributed by atoms with Gasteiger partial charge in [0.15, 0.2) is 17.5 Å². The van der Waals surface area contributed by atoms with E-state index in [-0.39, 0.29) is 0 Å². The number of rotatable bonds is 5. The molecule has 0 fully saturated rings. The Morgan fingerprint density at radius 3 is 1.57 bits per heavy atom. The van der Waals surface area contributed by atoms with Crippen molar-refractivity contribution in [1.29, 1.82) is 0 Å². The van der Waals surface area contributed by atoms with Crippen molar-refractivity contribution in [2.24, 2.45) is 0 Å². The summed E-state index contributed by atoms with van der Waals surface area (Å²) in [7, 11) is 0. The molecular formula is C46H28N4S. The lowest BCUT2D eigenvalue weighted by Gasteiger charge is -2.11. The minimum Gasteiger partial charge on any atom is -0.247 e. The van der Waals surface area contributed by atoms with Crippen LogP contribution in [0.3, 0.4) is 0 Å². The molecule has 0 bridgehead atoms. The van der Waals surface area contributed by atoms with E-state index in [0.29, 0.717) is 17.5 Å². The first-order chi connectivity index (χ1) is 25.2. The van der Waals surface area contributed by atoms with E-state index in [1.807, 2.05) is 72.0 Å². The summed E-state index contributed by atoms with van der Waals surface area (Å²) >= 11 is 1.85. The highest BCUT2D eigenvalue weighted by atomic mass is 32.1. The second-order valence-corrected chi connectivity index (χ2v) is 13.7. The highest BCUT2D eigenvalue weighted by Crippen LogP contribution is 2.44. The van der Waals surface area contributed by atoms with Crippen molar-refractivity contribution in [3.8, 4) is 56.5 Å². The van der Waals surface area contributed by atoms with E-state index >= 15 is 0 Å². The minimum absolute atomic E-state index is 0.641. The summed E-state index contributed by atoms with van der Waals surface area (Å²) < 4.78 is 2.55. The third kappa shape index (κ3) is 5.23. The van der Waals surface area contributed by atoms with Crippen LogP contribution in [0.25, 0.3) is 98.4 Å². The minimum atomic E-state index is 0.641. The van der Waals surface area contributed by atoms with Crippen LogP contribution in [-0.2, 0) is 0 Å². The number of benzene rings is 7. The Bertz CT molecular complexity index is 2840. The van der Waals surface area contributed by atoms with E-state index in [1.54, 1.807) is 0 Å². The molecule has 10 rings (SSSR count). The Hall–Kier alpha value is -6.56. The fourth-order valence-corrected chi connectivity index (χ4v) is 8.18.